The van der Waals surface area contributed by atoms with Gasteiger partial charge in [0.2, 0.25) is 5.91 Å². The molecule has 2 aromatic rings. The number of benzene rings is 2. The minimum absolute atomic E-state index is 0.0780. The van der Waals surface area contributed by atoms with Gasteiger partial charge in [0.25, 0.3) is 5.91 Å². The molecule has 1 aliphatic rings. The van der Waals surface area contributed by atoms with Crippen LogP contribution >= 0.6 is 0 Å². The van der Waals surface area contributed by atoms with Crippen molar-refractivity contribution in [2.45, 2.75) is 66.0 Å². The van der Waals surface area contributed by atoms with Gasteiger partial charge in [0.05, 0.1) is 6.61 Å². The van der Waals surface area contributed by atoms with Crippen LogP contribution in [-0.4, -0.2) is 31.5 Å². The Morgan fingerprint density at radius 1 is 1.03 bits per heavy atom. The molecule has 3 rings (SSSR count). The second kappa shape index (κ2) is 13.1. The van der Waals surface area contributed by atoms with Gasteiger partial charge in [-0.1, -0.05) is 45.2 Å². The fourth-order valence-electron chi connectivity index (χ4n) is 4.22. The number of carbonyl (C=O) groups excluding carboxylic acids is 2. The van der Waals surface area contributed by atoms with E-state index in [-0.39, 0.29) is 17.7 Å². The molecule has 34 heavy (non-hydrogen) atoms. The smallest absolute Gasteiger partial charge is 0.251 e. The van der Waals surface area contributed by atoms with E-state index in [1.54, 1.807) is 0 Å². The Balaban J connectivity index is 1.77. The molecule has 2 aromatic carbocycles. The number of anilines is 1. The van der Waals surface area contributed by atoms with Crippen LogP contribution in [0.15, 0.2) is 42.5 Å². The quantitative estimate of drug-likeness (QED) is 0.626. The topological polar surface area (TPSA) is 70.7 Å². The summed E-state index contributed by atoms with van der Waals surface area (Å²) in [4.78, 5) is 27.9. The number of fused-ring (bicyclic) bond motifs is 1. The Morgan fingerprint density at radius 2 is 1.76 bits per heavy atom. The lowest BCUT2D eigenvalue weighted by atomic mass is 10.0. The van der Waals surface area contributed by atoms with Gasteiger partial charge in [0, 0.05) is 36.8 Å². The molecule has 6 heteroatoms. The molecule has 2 N–H and O–H groups in total. The van der Waals surface area contributed by atoms with Crippen molar-refractivity contribution < 1.29 is 14.3 Å². The SMILES string of the molecule is CCOc1ccc(CNC(=O)c2ccc3c(c2)CNCCCCCCCN3C(=O)C(C)C)cc1. The molecular formula is C28H39N3O3. The molecule has 0 unspecified atom stereocenters. The van der Waals surface area contributed by atoms with Crippen molar-refractivity contribution in [2.24, 2.45) is 5.92 Å². The third-order valence-electron chi connectivity index (χ3n) is 6.13. The van der Waals surface area contributed by atoms with Gasteiger partial charge < -0.3 is 20.3 Å². The summed E-state index contributed by atoms with van der Waals surface area (Å²) in [5.74, 6) is 0.756. The number of ether oxygens (including phenoxy) is 1. The number of nitrogens with one attached hydrogen (secondary N) is 2. The van der Waals surface area contributed by atoms with E-state index in [9.17, 15) is 9.59 Å². The van der Waals surface area contributed by atoms with Crippen molar-refractivity contribution in [3.8, 4) is 5.75 Å². The van der Waals surface area contributed by atoms with Gasteiger partial charge in [0.1, 0.15) is 5.75 Å². The van der Waals surface area contributed by atoms with E-state index in [0.717, 1.165) is 48.4 Å². The first-order chi connectivity index (χ1) is 16.5. The Bertz CT molecular complexity index is 940. The summed E-state index contributed by atoms with van der Waals surface area (Å²) < 4.78 is 5.48. The van der Waals surface area contributed by atoms with E-state index < -0.39 is 0 Å². The van der Waals surface area contributed by atoms with Gasteiger partial charge in [-0.15, -0.1) is 0 Å². The minimum atomic E-state index is -0.121. The maximum absolute atomic E-state index is 13.0. The lowest BCUT2D eigenvalue weighted by molar-refractivity contribution is -0.121. The number of amides is 2. The first kappa shape index (κ1) is 25.8. The lowest BCUT2D eigenvalue weighted by Gasteiger charge is -2.28. The molecule has 0 saturated heterocycles. The molecule has 0 spiro atoms. The minimum Gasteiger partial charge on any atom is -0.494 e. The van der Waals surface area contributed by atoms with Crippen LogP contribution in [0.25, 0.3) is 0 Å². The fraction of sp³-hybridized carbons (Fsp3) is 0.500. The summed E-state index contributed by atoms with van der Waals surface area (Å²) in [5, 5.41) is 6.52. The highest BCUT2D eigenvalue weighted by Crippen LogP contribution is 2.25. The van der Waals surface area contributed by atoms with Crippen LogP contribution in [0.2, 0.25) is 0 Å². The second-order valence-electron chi connectivity index (χ2n) is 9.19. The molecular weight excluding hydrogens is 426 g/mol. The predicted octanol–water partition coefficient (Wildman–Crippen LogP) is 5.06. The van der Waals surface area contributed by atoms with Crippen molar-refractivity contribution in [1.82, 2.24) is 10.6 Å². The number of hydrogen-bond acceptors (Lipinski definition) is 4. The molecule has 0 radical (unpaired) electrons. The molecule has 1 aliphatic heterocycles. The number of rotatable bonds is 6. The van der Waals surface area contributed by atoms with E-state index in [2.05, 4.69) is 10.6 Å². The molecule has 0 aliphatic carbocycles. The molecule has 0 atom stereocenters. The lowest BCUT2D eigenvalue weighted by Crippen LogP contribution is -2.36. The van der Waals surface area contributed by atoms with Crippen LogP contribution < -0.4 is 20.3 Å². The standard InChI is InChI=1S/C28H39N3O3/c1-4-34-25-13-10-22(11-14-25)19-30-27(32)23-12-15-26-24(18-23)20-29-16-8-6-5-7-9-17-31(26)28(33)21(2)3/h10-15,18,21,29H,4-9,16-17,19-20H2,1-3H3,(H,30,32). The van der Waals surface area contributed by atoms with Crippen molar-refractivity contribution in [3.05, 3.63) is 59.2 Å². The highest BCUT2D eigenvalue weighted by molar-refractivity contribution is 5.98. The van der Waals surface area contributed by atoms with Gasteiger partial charge in [-0.2, -0.15) is 0 Å². The summed E-state index contributed by atoms with van der Waals surface area (Å²) in [6.07, 6.45) is 5.67. The monoisotopic (exact) mass is 465 g/mol. The largest absolute Gasteiger partial charge is 0.494 e. The van der Waals surface area contributed by atoms with Crippen LogP contribution in [0, 0.1) is 5.92 Å². The number of nitrogens with zero attached hydrogens (tertiary/aromatic N) is 1. The first-order valence-corrected chi connectivity index (χ1v) is 12.6. The Morgan fingerprint density at radius 3 is 2.50 bits per heavy atom. The zero-order chi connectivity index (χ0) is 24.3. The van der Waals surface area contributed by atoms with Gasteiger partial charge in [-0.25, -0.2) is 0 Å². The summed E-state index contributed by atoms with van der Waals surface area (Å²) in [6, 6.07) is 13.5. The summed E-state index contributed by atoms with van der Waals surface area (Å²) in [7, 11) is 0. The van der Waals surface area contributed by atoms with Crippen molar-refractivity contribution >= 4 is 17.5 Å². The molecule has 2 amide bonds. The van der Waals surface area contributed by atoms with Crippen LogP contribution in [0.3, 0.4) is 0 Å². The maximum Gasteiger partial charge on any atom is 0.251 e. The zero-order valence-corrected chi connectivity index (χ0v) is 20.9. The second-order valence-corrected chi connectivity index (χ2v) is 9.19. The van der Waals surface area contributed by atoms with E-state index in [1.165, 1.54) is 12.8 Å². The van der Waals surface area contributed by atoms with Crippen LogP contribution in [0.4, 0.5) is 5.69 Å². The Hall–Kier alpha value is -2.86. The molecule has 0 bridgehead atoms. The van der Waals surface area contributed by atoms with Crippen molar-refractivity contribution in [1.29, 1.82) is 0 Å². The normalized spacial score (nSPS) is 15.1. The number of carbonyl (C=O) groups is 2. The molecule has 0 aromatic heterocycles. The van der Waals surface area contributed by atoms with Crippen molar-refractivity contribution in [2.75, 3.05) is 24.6 Å². The van der Waals surface area contributed by atoms with E-state index in [0.29, 0.717) is 31.8 Å². The van der Waals surface area contributed by atoms with Gasteiger partial charge in [-0.05, 0) is 67.8 Å². The molecule has 184 valence electrons. The van der Waals surface area contributed by atoms with Gasteiger partial charge >= 0.3 is 0 Å². The maximum atomic E-state index is 13.0. The van der Waals surface area contributed by atoms with Crippen LogP contribution in [0.5, 0.6) is 5.75 Å². The molecule has 0 fully saturated rings. The summed E-state index contributed by atoms with van der Waals surface area (Å²) in [5.41, 5.74) is 3.52. The average molecular weight is 466 g/mol. The summed E-state index contributed by atoms with van der Waals surface area (Å²) >= 11 is 0. The van der Waals surface area contributed by atoms with E-state index in [1.807, 2.05) is 68.1 Å². The van der Waals surface area contributed by atoms with E-state index >= 15 is 0 Å². The number of hydrogen-bond donors (Lipinski definition) is 2. The zero-order valence-electron chi connectivity index (χ0n) is 20.9. The summed E-state index contributed by atoms with van der Waals surface area (Å²) in [6.45, 7) is 9.20. The van der Waals surface area contributed by atoms with Crippen LogP contribution in [-0.2, 0) is 17.9 Å². The highest BCUT2D eigenvalue weighted by atomic mass is 16.5. The van der Waals surface area contributed by atoms with Gasteiger partial charge in [0.15, 0.2) is 0 Å². The Kier molecular flexibility index (Phi) is 9.95. The fourth-order valence-corrected chi connectivity index (χ4v) is 4.22. The van der Waals surface area contributed by atoms with E-state index in [4.69, 9.17) is 4.74 Å². The first-order valence-electron chi connectivity index (χ1n) is 12.6. The Labute approximate surface area is 204 Å². The highest BCUT2D eigenvalue weighted by Gasteiger charge is 2.22. The third kappa shape index (κ3) is 7.32. The molecule has 0 saturated carbocycles. The average Bonchev–Trinajstić information content (AvgIpc) is 2.83. The van der Waals surface area contributed by atoms with Gasteiger partial charge in [-0.3, -0.25) is 9.59 Å². The van der Waals surface area contributed by atoms with Crippen LogP contribution in [0.1, 0.15) is 74.4 Å². The van der Waals surface area contributed by atoms with Crippen molar-refractivity contribution in [3.63, 3.8) is 0 Å². The molecule has 6 nitrogen and oxygen atoms in total. The molecule has 1 heterocycles. The third-order valence-corrected chi connectivity index (χ3v) is 6.13. The predicted molar refractivity (Wildman–Crippen MR) is 137 cm³/mol.